The molecule has 0 fully saturated rings. The molecule has 0 N–H and O–H groups in total. The molecule has 35 heavy (non-hydrogen) atoms. The molecule has 0 aliphatic carbocycles. The van der Waals surface area contributed by atoms with Crippen molar-refractivity contribution in [2.45, 2.75) is 5.66 Å². The molecule has 1 aromatic heterocycles. The molecular formula is C26H21ClN3O2PS2. The fraction of sp³-hybridized carbons (Fsp3) is 0.0769. The number of benzene rings is 4. The number of fused-ring (bicyclic) bond motifs is 1. The highest BCUT2D eigenvalue weighted by molar-refractivity contribution is 8.22. The van der Waals surface area contributed by atoms with Crippen LogP contribution >= 0.6 is 17.6 Å². The molecular weight excluding hydrogens is 517 g/mol. The van der Waals surface area contributed by atoms with E-state index < -0.39 is 21.7 Å². The third-order valence-corrected chi connectivity index (χ3v) is 13.5. The zero-order chi connectivity index (χ0) is 24.5. The van der Waals surface area contributed by atoms with E-state index in [1.54, 1.807) is 36.4 Å². The number of nitrogens with zero attached hydrogens (tertiary/aromatic N) is 3. The van der Waals surface area contributed by atoms with Crippen LogP contribution < -0.4 is 10.6 Å². The van der Waals surface area contributed by atoms with E-state index in [9.17, 15) is 8.42 Å². The maximum atomic E-state index is 13.9. The van der Waals surface area contributed by atoms with Gasteiger partial charge in [0.2, 0.25) is 0 Å². The SMILES string of the molecule is O=S(=O)(C[C@@H](c1ccc(Cl)cc1)P(=S)(c1ccccc1)c1ccccc1)n1nnc2ccccc21. The van der Waals surface area contributed by atoms with E-state index in [0.717, 1.165) is 20.3 Å². The first-order valence-electron chi connectivity index (χ1n) is 10.9. The monoisotopic (exact) mass is 537 g/mol. The Bertz CT molecular complexity index is 1580. The molecule has 0 radical (unpaired) electrons. The second-order valence-electron chi connectivity index (χ2n) is 8.10. The Morgan fingerprint density at radius 2 is 1.34 bits per heavy atom. The van der Waals surface area contributed by atoms with Gasteiger partial charge in [-0.15, -0.1) is 9.19 Å². The third-order valence-electron chi connectivity index (χ3n) is 5.93. The quantitative estimate of drug-likeness (QED) is 0.269. The van der Waals surface area contributed by atoms with Crippen LogP contribution in [0.15, 0.2) is 109 Å². The smallest absolute Gasteiger partial charge is 0.205 e. The maximum Gasteiger partial charge on any atom is 0.256 e. The summed E-state index contributed by atoms with van der Waals surface area (Å²) >= 11 is 12.7. The summed E-state index contributed by atoms with van der Waals surface area (Å²) in [5, 5.41) is 10.5. The van der Waals surface area contributed by atoms with Crippen LogP contribution in [-0.2, 0) is 21.8 Å². The van der Waals surface area contributed by atoms with Gasteiger partial charge in [0.1, 0.15) is 11.0 Å². The molecule has 0 spiro atoms. The van der Waals surface area contributed by atoms with Crippen molar-refractivity contribution >= 4 is 61.1 Å². The molecule has 1 atom stereocenters. The first kappa shape index (κ1) is 23.9. The molecule has 0 aliphatic rings. The molecule has 0 saturated carbocycles. The lowest BCUT2D eigenvalue weighted by Crippen LogP contribution is -2.28. The van der Waals surface area contributed by atoms with E-state index in [-0.39, 0.29) is 5.75 Å². The van der Waals surface area contributed by atoms with Crippen molar-refractivity contribution in [2.24, 2.45) is 0 Å². The fourth-order valence-electron chi connectivity index (χ4n) is 4.23. The molecule has 0 saturated heterocycles. The summed E-state index contributed by atoms with van der Waals surface area (Å²) in [6.45, 7) is 0. The minimum absolute atomic E-state index is 0.233. The highest BCUT2D eigenvalue weighted by atomic mass is 35.5. The molecule has 0 amide bonds. The third kappa shape index (κ3) is 4.57. The maximum absolute atomic E-state index is 13.9. The summed E-state index contributed by atoms with van der Waals surface area (Å²) in [7, 11) is -3.93. The molecule has 176 valence electrons. The Hall–Kier alpha value is -2.83. The molecule has 5 rings (SSSR count). The Morgan fingerprint density at radius 1 is 0.800 bits per heavy atom. The molecule has 0 aliphatic heterocycles. The van der Waals surface area contributed by atoms with Crippen molar-refractivity contribution in [1.82, 2.24) is 14.4 Å². The molecule has 0 unspecified atom stereocenters. The van der Waals surface area contributed by atoms with Crippen LogP contribution in [0.5, 0.6) is 0 Å². The summed E-state index contributed by atoms with van der Waals surface area (Å²) in [5.41, 5.74) is 1.26. The largest absolute Gasteiger partial charge is 0.256 e. The Kier molecular flexibility index (Phi) is 6.60. The average Bonchev–Trinajstić information content (AvgIpc) is 3.34. The van der Waals surface area contributed by atoms with E-state index in [0.29, 0.717) is 16.1 Å². The summed E-state index contributed by atoms with van der Waals surface area (Å²) in [6.07, 6.45) is 0. The molecule has 1 heterocycles. The van der Waals surface area contributed by atoms with Crippen molar-refractivity contribution < 1.29 is 8.42 Å². The van der Waals surface area contributed by atoms with Crippen molar-refractivity contribution in [2.75, 3.05) is 5.75 Å². The fourth-order valence-corrected chi connectivity index (χ4v) is 11.6. The number of para-hydroxylation sites is 1. The second-order valence-corrected chi connectivity index (χ2v) is 15.1. The van der Waals surface area contributed by atoms with Crippen LogP contribution in [0.1, 0.15) is 11.2 Å². The van der Waals surface area contributed by atoms with Gasteiger partial charge in [-0.05, 0) is 40.4 Å². The number of hydrogen-bond donors (Lipinski definition) is 0. The van der Waals surface area contributed by atoms with Crippen molar-refractivity contribution in [3.05, 3.63) is 120 Å². The molecule has 5 aromatic rings. The number of hydrogen-bond acceptors (Lipinski definition) is 5. The predicted octanol–water partition coefficient (Wildman–Crippen LogP) is 5.13. The molecule has 0 bridgehead atoms. The van der Waals surface area contributed by atoms with Crippen molar-refractivity contribution in [3.8, 4) is 0 Å². The second kappa shape index (κ2) is 9.67. The summed E-state index contributed by atoms with van der Waals surface area (Å²) in [4.78, 5) is 0. The van der Waals surface area contributed by atoms with E-state index >= 15 is 0 Å². The Morgan fingerprint density at radius 3 is 1.94 bits per heavy atom. The molecule has 9 heteroatoms. The van der Waals surface area contributed by atoms with Crippen LogP contribution in [0.25, 0.3) is 11.0 Å². The molecule has 5 nitrogen and oxygen atoms in total. The summed E-state index contributed by atoms with van der Waals surface area (Å²) in [6, 6.07) is 31.2. The number of aromatic nitrogens is 3. The minimum atomic E-state index is -3.93. The Labute approximate surface area is 214 Å². The van der Waals surface area contributed by atoms with Gasteiger partial charge in [-0.3, -0.25) is 0 Å². The van der Waals surface area contributed by atoms with Gasteiger partial charge in [0.05, 0.1) is 5.75 Å². The Balaban J connectivity index is 1.73. The van der Waals surface area contributed by atoms with Gasteiger partial charge in [0, 0.05) is 16.7 Å². The van der Waals surface area contributed by atoms with Gasteiger partial charge in [-0.2, -0.15) is 0 Å². The van der Waals surface area contributed by atoms with Crippen LogP contribution in [0.3, 0.4) is 0 Å². The first-order chi connectivity index (χ1) is 16.9. The standard InChI is InChI=1S/C26H21ClN3O2PS2/c27-21-17-15-20(16-18-21)26(19-35(31,32)30-25-14-8-7-13-24(25)28-29-30)33(34,22-9-3-1-4-10-22)23-11-5-2-6-12-23/h1-18,26H,19H2/t26-/m0/s1. The highest BCUT2D eigenvalue weighted by Crippen LogP contribution is 2.58. The average molecular weight is 538 g/mol. The molecule has 4 aromatic carbocycles. The van der Waals surface area contributed by atoms with Crippen LogP contribution in [0.2, 0.25) is 5.02 Å². The van der Waals surface area contributed by atoms with E-state index in [4.69, 9.17) is 23.4 Å². The van der Waals surface area contributed by atoms with Crippen molar-refractivity contribution in [1.29, 1.82) is 0 Å². The van der Waals surface area contributed by atoms with Crippen molar-refractivity contribution in [3.63, 3.8) is 0 Å². The predicted molar refractivity (Wildman–Crippen MR) is 147 cm³/mol. The minimum Gasteiger partial charge on any atom is -0.205 e. The van der Waals surface area contributed by atoms with Crippen LogP contribution in [0.4, 0.5) is 0 Å². The van der Waals surface area contributed by atoms with E-state index in [1.807, 2.05) is 72.8 Å². The highest BCUT2D eigenvalue weighted by Gasteiger charge is 2.38. The zero-order valence-electron chi connectivity index (χ0n) is 18.5. The van der Waals surface area contributed by atoms with Crippen LogP contribution in [-0.4, -0.2) is 28.6 Å². The van der Waals surface area contributed by atoms with Gasteiger partial charge in [-0.1, -0.05) is 114 Å². The topological polar surface area (TPSA) is 64.8 Å². The van der Waals surface area contributed by atoms with Crippen LogP contribution in [0, 0.1) is 0 Å². The zero-order valence-corrected chi connectivity index (χ0v) is 21.8. The van der Waals surface area contributed by atoms with E-state index in [1.165, 1.54) is 0 Å². The lowest BCUT2D eigenvalue weighted by molar-refractivity contribution is 0.578. The van der Waals surface area contributed by atoms with Gasteiger partial charge in [0.25, 0.3) is 10.0 Å². The summed E-state index contributed by atoms with van der Waals surface area (Å²) in [5.74, 6) is -0.233. The van der Waals surface area contributed by atoms with Gasteiger partial charge < -0.3 is 0 Å². The lowest BCUT2D eigenvalue weighted by Gasteiger charge is -2.32. The van der Waals surface area contributed by atoms with Gasteiger partial charge >= 0.3 is 0 Å². The lowest BCUT2D eigenvalue weighted by atomic mass is 10.2. The van der Waals surface area contributed by atoms with Gasteiger partial charge in [-0.25, -0.2) is 8.42 Å². The van der Waals surface area contributed by atoms with Gasteiger partial charge in [0.15, 0.2) is 0 Å². The normalized spacial score (nSPS) is 13.1. The van der Waals surface area contributed by atoms with E-state index in [2.05, 4.69) is 10.3 Å². The first-order valence-corrected chi connectivity index (χ1v) is 15.8. The number of halogens is 1. The number of rotatable bonds is 7. The summed E-state index contributed by atoms with van der Waals surface area (Å²) < 4.78 is 28.8.